The number of hydrogen-bond acceptors (Lipinski definition) is 3. The van der Waals surface area contributed by atoms with E-state index in [1.54, 1.807) is 0 Å². The van der Waals surface area contributed by atoms with Gasteiger partial charge in [0.05, 0.1) is 6.20 Å². The van der Waals surface area contributed by atoms with Gasteiger partial charge in [-0.1, -0.05) is 0 Å². The number of hydrogen-bond donors (Lipinski definition) is 1. The molecule has 1 heterocycles. The Hall–Kier alpha value is -0.830. The van der Waals surface area contributed by atoms with Crippen molar-refractivity contribution in [3.05, 3.63) is 17.8 Å². The van der Waals surface area contributed by atoms with E-state index in [4.69, 9.17) is 4.42 Å². The summed E-state index contributed by atoms with van der Waals surface area (Å²) in [7, 11) is 0. The molecule has 0 radical (unpaired) electrons. The van der Waals surface area contributed by atoms with E-state index in [1.807, 2.05) is 6.20 Å². The largest absolute Gasteiger partial charge is 0.446 e. The van der Waals surface area contributed by atoms with E-state index in [1.165, 1.54) is 12.8 Å². The summed E-state index contributed by atoms with van der Waals surface area (Å²) < 4.78 is 5.73. The maximum atomic E-state index is 5.73. The van der Waals surface area contributed by atoms with Crippen LogP contribution in [0.25, 0.3) is 0 Å². The Labute approximate surface area is 104 Å². The van der Waals surface area contributed by atoms with Crippen molar-refractivity contribution in [1.29, 1.82) is 0 Å². The molecule has 0 spiro atoms. The number of rotatable bonds is 6. The highest BCUT2D eigenvalue weighted by Crippen LogP contribution is 2.32. The zero-order chi connectivity index (χ0) is 12.3. The zero-order valence-electron chi connectivity index (χ0n) is 11.3. The van der Waals surface area contributed by atoms with Gasteiger partial charge < -0.3 is 9.73 Å². The summed E-state index contributed by atoms with van der Waals surface area (Å²) >= 11 is 0. The fraction of sp³-hybridized carbons (Fsp3) is 0.786. The summed E-state index contributed by atoms with van der Waals surface area (Å²) in [5.74, 6) is 2.85. The SMILES string of the molecule is CC(C)(C)NCCCc1ncc(CC2CC2)o1. The second-order valence-corrected chi connectivity index (χ2v) is 6.15. The molecule has 1 aliphatic rings. The number of nitrogens with zero attached hydrogens (tertiary/aromatic N) is 1. The monoisotopic (exact) mass is 236 g/mol. The van der Waals surface area contributed by atoms with Gasteiger partial charge >= 0.3 is 0 Å². The molecule has 96 valence electrons. The molecule has 17 heavy (non-hydrogen) atoms. The van der Waals surface area contributed by atoms with Crippen LogP contribution in [0.15, 0.2) is 10.6 Å². The van der Waals surface area contributed by atoms with Crippen LogP contribution < -0.4 is 5.32 Å². The summed E-state index contributed by atoms with van der Waals surface area (Å²) in [5.41, 5.74) is 0.202. The van der Waals surface area contributed by atoms with Crippen LogP contribution >= 0.6 is 0 Å². The van der Waals surface area contributed by atoms with Crippen LogP contribution in [0.5, 0.6) is 0 Å². The second-order valence-electron chi connectivity index (χ2n) is 6.15. The third-order valence-electron chi connectivity index (χ3n) is 3.01. The predicted octanol–water partition coefficient (Wildman–Crippen LogP) is 2.95. The molecule has 1 aliphatic carbocycles. The minimum absolute atomic E-state index is 0.202. The molecular weight excluding hydrogens is 212 g/mol. The number of aryl methyl sites for hydroxylation is 1. The van der Waals surface area contributed by atoms with Crippen molar-refractivity contribution in [1.82, 2.24) is 10.3 Å². The van der Waals surface area contributed by atoms with Crippen LogP contribution in [0.2, 0.25) is 0 Å². The maximum Gasteiger partial charge on any atom is 0.194 e. The van der Waals surface area contributed by atoms with Crippen molar-refractivity contribution < 1.29 is 4.42 Å². The molecule has 0 unspecified atom stereocenters. The van der Waals surface area contributed by atoms with Crippen LogP contribution in [-0.4, -0.2) is 17.1 Å². The van der Waals surface area contributed by atoms with Gasteiger partial charge in [0.1, 0.15) is 5.76 Å². The van der Waals surface area contributed by atoms with E-state index in [2.05, 4.69) is 31.1 Å². The standard InChI is InChI=1S/C14H24N2O/c1-14(2,3)16-8-4-5-13-15-10-12(17-13)9-11-6-7-11/h10-11,16H,4-9H2,1-3H3. The Kier molecular flexibility index (Phi) is 3.87. The first-order chi connectivity index (χ1) is 8.03. The average Bonchev–Trinajstić information content (AvgIpc) is 2.91. The van der Waals surface area contributed by atoms with Gasteiger partial charge in [-0.2, -0.15) is 0 Å². The lowest BCUT2D eigenvalue weighted by molar-refractivity contribution is 0.404. The Bertz CT molecular complexity index is 347. The summed E-state index contributed by atoms with van der Waals surface area (Å²) in [4.78, 5) is 4.34. The van der Waals surface area contributed by atoms with Gasteiger partial charge in [0.2, 0.25) is 0 Å². The second kappa shape index (κ2) is 5.21. The van der Waals surface area contributed by atoms with Crippen LogP contribution in [0.3, 0.4) is 0 Å². The normalized spacial score (nSPS) is 16.4. The Morgan fingerprint density at radius 3 is 2.82 bits per heavy atom. The minimum atomic E-state index is 0.202. The van der Waals surface area contributed by atoms with Gasteiger partial charge in [-0.15, -0.1) is 0 Å². The van der Waals surface area contributed by atoms with Gasteiger partial charge in [-0.05, 0) is 52.5 Å². The molecule has 3 heteroatoms. The lowest BCUT2D eigenvalue weighted by atomic mass is 10.1. The van der Waals surface area contributed by atoms with Crippen LogP contribution in [-0.2, 0) is 12.8 Å². The molecule has 1 aromatic rings. The highest BCUT2D eigenvalue weighted by Gasteiger charge is 2.23. The molecule has 0 saturated heterocycles. The van der Waals surface area contributed by atoms with Gasteiger partial charge in [-0.3, -0.25) is 0 Å². The van der Waals surface area contributed by atoms with Gasteiger partial charge in [0.25, 0.3) is 0 Å². The third kappa shape index (κ3) is 4.90. The van der Waals surface area contributed by atoms with Crippen molar-refractivity contribution in [3.8, 4) is 0 Å². The van der Waals surface area contributed by atoms with Crippen molar-refractivity contribution in [2.24, 2.45) is 5.92 Å². The van der Waals surface area contributed by atoms with Crippen LogP contribution in [0.1, 0.15) is 51.7 Å². The van der Waals surface area contributed by atoms with Gasteiger partial charge in [0.15, 0.2) is 5.89 Å². The van der Waals surface area contributed by atoms with Crippen LogP contribution in [0.4, 0.5) is 0 Å². The molecular formula is C14H24N2O. The summed E-state index contributed by atoms with van der Waals surface area (Å²) in [5, 5.41) is 3.47. The molecule has 1 saturated carbocycles. The number of oxazole rings is 1. The van der Waals surface area contributed by atoms with Gasteiger partial charge in [0, 0.05) is 18.4 Å². The Balaban J connectivity index is 1.66. The predicted molar refractivity (Wildman–Crippen MR) is 69.0 cm³/mol. The highest BCUT2D eigenvalue weighted by molar-refractivity contribution is 4.98. The third-order valence-corrected chi connectivity index (χ3v) is 3.01. The Morgan fingerprint density at radius 2 is 2.18 bits per heavy atom. The quantitative estimate of drug-likeness (QED) is 0.772. The molecule has 0 aromatic carbocycles. The van der Waals surface area contributed by atoms with Crippen molar-refractivity contribution in [2.75, 3.05) is 6.54 Å². The van der Waals surface area contributed by atoms with E-state index in [0.717, 1.165) is 43.4 Å². The van der Waals surface area contributed by atoms with E-state index >= 15 is 0 Å². The fourth-order valence-corrected chi connectivity index (χ4v) is 1.87. The van der Waals surface area contributed by atoms with Crippen molar-refractivity contribution in [3.63, 3.8) is 0 Å². The molecule has 0 bridgehead atoms. The fourth-order valence-electron chi connectivity index (χ4n) is 1.87. The first kappa shape index (κ1) is 12.6. The molecule has 1 aromatic heterocycles. The first-order valence-electron chi connectivity index (χ1n) is 6.71. The van der Waals surface area contributed by atoms with Crippen molar-refractivity contribution in [2.45, 2.75) is 58.4 Å². The molecule has 1 fully saturated rings. The van der Waals surface area contributed by atoms with Gasteiger partial charge in [-0.25, -0.2) is 4.98 Å². The van der Waals surface area contributed by atoms with E-state index in [-0.39, 0.29) is 5.54 Å². The number of nitrogens with one attached hydrogen (secondary N) is 1. The molecule has 0 amide bonds. The van der Waals surface area contributed by atoms with Crippen LogP contribution in [0, 0.1) is 5.92 Å². The maximum absolute atomic E-state index is 5.73. The zero-order valence-corrected chi connectivity index (χ0v) is 11.3. The topological polar surface area (TPSA) is 38.1 Å². The van der Waals surface area contributed by atoms with E-state index in [0.29, 0.717) is 0 Å². The molecule has 2 rings (SSSR count). The molecule has 0 atom stereocenters. The lowest BCUT2D eigenvalue weighted by Gasteiger charge is -2.19. The summed E-state index contributed by atoms with van der Waals surface area (Å²) in [6.07, 6.45) is 7.75. The average molecular weight is 236 g/mol. The molecule has 1 N–H and O–H groups in total. The molecule has 0 aliphatic heterocycles. The molecule has 3 nitrogen and oxygen atoms in total. The van der Waals surface area contributed by atoms with Crippen molar-refractivity contribution >= 4 is 0 Å². The highest BCUT2D eigenvalue weighted by atomic mass is 16.4. The lowest BCUT2D eigenvalue weighted by Crippen LogP contribution is -2.36. The Morgan fingerprint density at radius 1 is 1.41 bits per heavy atom. The number of aromatic nitrogens is 1. The first-order valence-corrected chi connectivity index (χ1v) is 6.71. The summed E-state index contributed by atoms with van der Waals surface area (Å²) in [6, 6.07) is 0. The summed E-state index contributed by atoms with van der Waals surface area (Å²) in [6.45, 7) is 7.58. The minimum Gasteiger partial charge on any atom is -0.446 e. The van der Waals surface area contributed by atoms with E-state index in [9.17, 15) is 0 Å². The van der Waals surface area contributed by atoms with E-state index < -0.39 is 0 Å². The smallest absolute Gasteiger partial charge is 0.194 e.